The van der Waals surface area contributed by atoms with E-state index in [0.717, 1.165) is 0 Å². The van der Waals surface area contributed by atoms with Crippen molar-refractivity contribution in [3.05, 3.63) is 87.7 Å². The first-order valence-corrected chi connectivity index (χ1v) is 9.72. The lowest BCUT2D eigenvalue weighted by Gasteiger charge is -2.15. The van der Waals surface area contributed by atoms with E-state index in [2.05, 4.69) is 21.5 Å². The summed E-state index contributed by atoms with van der Waals surface area (Å²) in [5, 5.41) is 1.47. The maximum absolute atomic E-state index is 12.9. The van der Waals surface area contributed by atoms with Crippen molar-refractivity contribution < 1.29 is 0 Å². The van der Waals surface area contributed by atoms with Crippen LogP contribution in [0.2, 0.25) is 0 Å². The molecule has 0 aliphatic carbocycles. The topological polar surface area (TPSA) is 80.6 Å². The van der Waals surface area contributed by atoms with Crippen molar-refractivity contribution >= 4 is 33.6 Å². The molecular formula is C21H18N4O2S. The lowest BCUT2D eigenvalue weighted by Crippen LogP contribution is -2.23. The summed E-state index contributed by atoms with van der Waals surface area (Å²) >= 11 is 1.38. The van der Waals surface area contributed by atoms with Crippen molar-refractivity contribution in [2.75, 3.05) is 0 Å². The fourth-order valence-corrected chi connectivity index (χ4v) is 4.01. The summed E-state index contributed by atoms with van der Waals surface area (Å²) in [7, 11) is 0. The number of thioether (sulfide) groups is 1. The van der Waals surface area contributed by atoms with Crippen molar-refractivity contribution in [2.24, 2.45) is 0 Å². The van der Waals surface area contributed by atoms with Gasteiger partial charge in [0.05, 0.1) is 27.1 Å². The van der Waals surface area contributed by atoms with Gasteiger partial charge in [0.15, 0.2) is 5.16 Å². The Kier molecular flexibility index (Phi) is 4.83. The minimum Gasteiger partial charge on any atom is -0.309 e. The number of aromatic amines is 1. The molecule has 0 amide bonds. The van der Waals surface area contributed by atoms with E-state index < -0.39 is 0 Å². The van der Waals surface area contributed by atoms with Gasteiger partial charge in [-0.15, -0.1) is 6.58 Å². The van der Waals surface area contributed by atoms with Crippen molar-refractivity contribution in [3.8, 4) is 0 Å². The fraction of sp³-hybridized carbons (Fsp3) is 0.143. The number of rotatable bonds is 5. The molecule has 4 rings (SSSR count). The Morgan fingerprint density at radius 3 is 2.43 bits per heavy atom. The number of nitrogens with one attached hydrogen (secondary N) is 1. The highest BCUT2D eigenvalue weighted by atomic mass is 32.2. The van der Waals surface area contributed by atoms with Gasteiger partial charge in [0, 0.05) is 6.54 Å². The zero-order valence-corrected chi connectivity index (χ0v) is 16.1. The SMILES string of the molecule is C=CCn1c(S[C@@H](C)c2nc3ccccc3c(=O)[nH]2)nc2ccccc2c1=O. The van der Waals surface area contributed by atoms with Crippen molar-refractivity contribution in [3.63, 3.8) is 0 Å². The second kappa shape index (κ2) is 7.44. The number of nitrogens with zero attached hydrogens (tertiary/aromatic N) is 3. The quantitative estimate of drug-likeness (QED) is 0.319. The lowest BCUT2D eigenvalue weighted by molar-refractivity contribution is 0.669. The summed E-state index contributed by atoms with van der Waals surface area (Å²) in [4.78, 5) is 37.3. The maximum Gasteiger partial charge on any atom is 0.262 e. The van der Waals surface area contributed by atoms with E-state index in [1.165, 1.54) is 11.8 Å². The molecule has 2 aromatic heterocycles. The molecule has 2 heterocycles. The van der Waals surface area contributed by atoms with E-state index in [9.17, 15) is 9.59 Å². The zero-order chi connectivity index (χ0) is 19.7. The van der Waals surface area contributed by atoms with Crippen LogP contribution in [0, 0.1) is 0 Å². The molecule has 0 aliphatic heterocycles. The third-order valence-electron chi connectivity index (χ3n) is 4.44. The normalized spacial score (nSPS) is 12.3. The monoisotopic (exact) mass is 390 g/mol. The first-order chi connectivity index (χ1) is 13.6. The molecule has 1 N–H and O–H groups in total. The number of aromatic nitrogens is 4. The molecule has 0 saturated heterocycles. The molecule has 0 saturated carbocycles. The van der Waals surface area contributed by atoms with E-state index in [-0.39, 0.29) is 16.4 Å². The molecule has 4 aromatic rings. The van der Waals surface area contributed by atoms with Gasteiger partial charge in [-0.25, -0.2) is 9.97 Å². The number of H-pyrrole nitrogens is 1. The predicted octanol–water partition coefficient (Wildman–Crippen LogP) is 3.67. The molecule has 2 aromatic carbocycles. The van der Waals surface area contributed by atoms with Gasteiger partial charge in [0.2, 0.25) is 0 Å². The molecule has 28 heavy (non-hydrogen) atoms. The van der Waals surface area contributed by atoms with Gasteiger partial charge >= 0.3 is 0 Å². The standard InChI is InChI=1S/C21H18N4O2S/c1-3-12-25-20(27)15-9-5-7-11-17(15)23-21(25)28-13(2)18-22-16-10-6-4-8-14(16)19(26)24-18/h3-11,13H,1,12H2,2H3,(H,22,24,26)/t13-/m0/s1. The largest absolute Gasteiger partial charge is 0.309 e. The lowest BCUT2D eigenvalue weighted by atomic mass is 10.2. The third-order valence-corrected chi connectivity index (χ3v) is 5.54. The highest BCUT2D eigenvalue weighted by molar-refractivity contribution is 7.99. The summed E-state index contributed by atoms with van der Waals surface area (Å²) in [6.07, 6.45) is 1.67. The number of hydrogen-bond donors (Lipinski definition) is 1. The van der Waals surface area contributed by atoms with Gasteiger partial charge in [-0.05, 0) is 31.2 Å². The van der Waals surface area contributed by atoms with Crippen LogP contribution in [-0.4, -0.2) is 19.5 Å². The Balaban J connectivity index is 1.79. The average molecular weight is 390 g/mol. The van der Waals surface area contributed by atoms with Crippen LogP contribution in [0.15, 0.2) is 75.9 Å². The predicted molar refractivity (Wildman–Crippen MR) is 113 cm³/mol. The average Bonchev–Trinajstić information content (AvgIpc) is 2.71. The summed E-state index contributed by atoms with van der Waals surface area (Å²) in [5.41, 5.74) is 0.995. The molecule has 1 atom stereocenters. The summed E-state index contributed by atoms with van der Waals surface area (Å²) in [6, 6.07) is 14.5. The number of para-hydroxylation sites is 2. The third kappa shape index (κ3) is 3.25. The Labute approximate surface area is 165 Å². The van der Waals surface area contributed by atoms with Gasteiger partial charge < -0.3 is 4.98 Å². The Morgan fingerprint density at radius 2 is 1.71 bits per heavy atom. The molecule has 0 aliphatic rings. The molecular weight excluding hydrogens is 372 g/mol. The number of benzene rings is 2. The van der Waals surface area contributed by atoms with Crippen LogP contribution >= 0.6 is 11.8 Å². The summed E-state index contributed by atoms with van der Waals surface area (Å²) in [6.45, 7) is 6.03. The van der Waals surface area contributed by atoms with Crippen LogP contribution < -0.4 is 11.1 Å². The van der Waals surface area contributed by atoms with Crippen LogP contribution in [0.25, 0.3) is 21.8 Å². The van der Waals surface area contributed by atoms with Crippen LogP contribution in [0.3, 0.4) is 0 Å². The van der Waals surface area contributed by atoms with Crippen LogP contribution in [0.1, 0.15) is 18.0 Å². The summed E-state index contributed by atoms with van der Waals surface area (Å²) < 4.78 is 1.59. The van der Waals surface area contributed by atoms with Gasteiger partial charge in [-0.1, -0.05) is 42.1 Å². The molecule has 7 heteroatoms. The second-order valence-electron chi connectivity index (χ2n) is 6.34. The van der Waals surface area contributed by atoms with Crippen molar-refractivity contribution in [2.45, 2.75) is 23.9 Å². The summed E-state index contributed by atoms with van der Waals surface area (Å²) in [5.74, 6) is 0.543. The highest BCUT2D eigenvalue weighted by Crippen LogP contribution is 2.32. The van der Waals surface area contributed by atoms with E-state index in [0.29, 0.717) is 39.3 Å². The molecule has 140 valence electrons. The van der Waals surface area contributed by atoms with Gasteiger partial charge in [-0.3, -0.25) is 14.2 Å². The maximum atomic E-state index is 12.9. The van der Waals surface area contributed by atoms with Gasteiger partial charge in [0.25, 0.3) is 11.1 Å². The molecule has 0 fully saturated rings. The smallest absolute Gasteiger partial charge is 0.262 e. The van der Waals surface area contributed by atoms with E-state index in [4.69, 9.17) is 0 Å². The minimum atomic E-state index is -0.207. The van der Waals surface area contributed by atoms with E-state index in [1.54, 1.807) is 22.8 Å². The van der Waals surface area contributed by atoms with Gasteiger partial charge in [0.1, 0.15) is 5.82 Å². The molecule has 0 radical (unpaired) electrons. The van der Waals surface area contributed by atoms with E-state index >= 15 is 0 Å². The van der Waals surface area contributed by atoms with Crippen LogP contribution in [0.4, 0.5) is 0 Å². The molecule has 0 spiro atoms. The molecule has 0 bridgehead atoms. The Morgan fingerprint density at radius 1 is 1.07 bits per heavy atom. The first-order valence-electron chi connectivity index (χ1n) is 8.84. The minimum absolute atomic E-state index is 0.111. The molecule has 6 nitrogen and oxygen atoms in total. The van der Waals surface area contributed by atoms with E-state index in [1.807, 2.05) is 43.3 Å². The zero-order valence-electron chi connectivity index (χ0n) is 15.3. The highest BCUT2D eigenvalue weighted by Gasteiger charge is 2.17. The molecule has 0 unspecified atom stereocenters. The van der Waals surface area contributed by atoms with Crippen LogP contribution in [-0.2, 0) is 6.54 Å². The fourth-order valence-electron chi connectivity index (χ4n) is 3.04. The Hall–Kier alpha value is -3.19. The number of allylic oxidation sites excluding steroid dienone is 1. The second-order valence-corrected chi connectivity index (χ2v) is 7.65. The van der Waals surface area contributed by atoms with Crippen LogP contribution in [0.5, 0.6) is 0 Å². The van der Waals surface area contributed by atoms with Crippen molar-refractivity contribution in [1.82, 2.24) is 19.5 Å². The number of hydrogen-bond acceptors (Lipinski definition) is 5. The Bertz CT molecular complexity index is 1310. The first kappa shape index (κ1) is 18.2. The van der Waals surface area contributed by atoms with Crippen molar-refractivity contribution in [1.29, 1.82) is 0 Å². The van der Waals surface area contributed by atoms with Gasteiger partial charge in [-0.2, -0.15) is 0 Å². The number of fused-ring (bicyclic) bond motifs is 2.